The van der Waals surface area contributed by atoms with Crippen molar-refractivity contribution in [3.8, 4) is 0 Å². The summed E-state index contributed by atoms with van der Waals surface area (Å²) in [5, 5.41) is 11.0. The summed E-state index contributed by atoms with van der Waals surface area (Å²) in [4.78, 5) is 25.4. The minimum absolute atomic E-state index is 0.151. The van der Waals surface area contributed by atoms with Gasteiger partial charge < -0.3 is 9.84 Å². The molecule has 0 radical (unpaired) electrons. The highest BCUT2D eigenvalue weighted by atomic mass is 35.5. The summed E-state index contributed by atoms with van der Waals surface area (Å²) in [6.07, 6.45) is 4.27. The smallest absolute Gasteiger partial charge is 0.345 e. The number of esters is 1. The van der Waals surface area contributed by atoms with E-state index in [0.29, 0.717) is 23.4 Å². The van der Waals surface area contributed by atoms with Crippen molar-refractivity contribution in [2.75, 3.05) is 6.61 Å². The van der Waals surface area contributed by atoms with Crippen molar-refractivity contribution in [3.05, 3.63) is 39.9 Å². The van der Waals surface area contributed by atoms with Gasteiger partial charge in [0.2, 0.25) is 0 Å². The van der Waals surface area contributed by atoms with Gasteiger partial charge in [0.1, 0.15) is 11.3 Å². The van der Waals surface area contributed by atoms with Crippen LogP contribution in [0.1, 0.15) is 50.2 Å². The van der Waals surface area contributed by atoms with E-state index >= 15 is 0 Å². The van der Waals surface area contributed by atoms with Crippen molar-refractivity contribution in [1.82, 2.24) is 0 Å². The predicted octanol–water partition coefficient (Wildman–Crippen LogP) is 3.96. The monoisotopic (exact) mass is 334 g/mol. The number of hydrogen-bond acceptors (Lipinski definition) is 4. The summed E-state index contributed by atoms with van der Waals surface area (Å²) in [5.74, 6) is -1.39. The number of aliphatic hydroxyl groups is 1. The van der Waals surface area contributed by atoms with Crippen molar-refractivity contribution in [2.24, 2.45) is 0 Å². The third-order valence-corrected chi connectivity index (χ3v) is 5.07. The van der Waals surface area contributed by atoms with Crippen LogP contribution in [0.4, 0.5) is 0 Å². The predicted molar refractivity (Wildman–Crippen MR) is 87.4 cm³/mol. The number of rotatable bonds is 2. The third kappa shape index (κ3) is 2.45. The molecular weight excluding hydrogens is 316 g/mol. The first-order chi connectivity index (χ1) is 11.0. The summed E-state index contributed by atoms with van der Waals surface area (Å²) in [7, 11) is 0. The van der Waals surface area contributed by atoms with Gasteiger partial charge in [-0.05, 0) is 37.5 Å². The Hall–Kier alpha value is -1.81. The maximum Gasteiger partial charge on any atom is 0.345 e. The van der Waals surface area contributed by atoms with Crippen LogP contribution in [0.5, 0.6) is 0 Å². The summed E-state index contributed by atoms with van der Waals surface area (Å²) in [6.45, 7) is 1.82. The maximum absolute atomic E-state index is 13.1. The van der Waals surface area contributed by atoms with E-state index in [1.807, 2.05) is 0 Å². The molecule has 23 heavy (non-hydrogen) atoms. The lowest BCUT2D eigenvalue weighted by molar-refractivity contribution is -0.141. The van der Waals surface area contributed by atoms with Crippen LogP contribution in [-0.4, -0.2) is 23.5 Å². The minimum atomic E-state index is -0.759. The molecule has 2 aliphatic carbocycles. The van der Waals surface area contributed by atoms with Crippen molar-refractivity contribution in [1.29, 1.82) is 0 Å². The Morgan fingerprint density at radius 3 is 2.65 bits per heavy atom. The normalized spacial score (nSPS) is 19.7. The van der Waals surface area contributed by atoms with E-state index in [1.54, 1.807) is 25.1 Å². The van der Waals surface area contributed by atoms with E-state index in [1.165, 1.54) is 0 Å². The fraction of sp³-hybridized carbons (Fsp3) is 0.444. The van der Waals surface area contributed by atoms with E-state index in [2.05, 4.69) is 0 Å². The number of ether oxygens (including phenoxy) is 1. The molecule has 0 unspecified atom stereocenters. The highest BCUT2D eigenvalue weighted by Gasteiger charge is 2.50. The van der Waals surface area contributed by atoms with Crippen LogP contribution in [0.2, 0.25) is 5.02 Å². The molecule has 0 heterocycles. The molecule has 0 aromatic heterocycles. The topological polar surface area (TPSA) is 63.6 Å². The zero-order valence-electron chi connectivity index (χ0n) is 13.0. The van der Waals surface area contributed by atoms with Crippen LogP contribution in [0.15, 0.2) is 23.8 Å². The van der Waals surface area contributed by atoms with Crippen molar-refractivity contribution >= 4 is 29.1 Å². The number of benzene rings is 1. The first-order valence-electron chi connectivity index (χ1n) is 7.97. The molecule has 3 rings (SSSR count). The van der Waals surface area contributed by atoms with Crippen LogP contribution >= 0.6 is 11.6 Å². The number of hydrogen-bond donors (Lipinski definition) is 1. The molecule has 1 N–H and O–H groups in total. The Bertz CT molecular complexity index is 699. The highest BCUT2D eigenvalue weighted by Crippen LogP contribution is 2.48. The van der Waals surface area contributed by atoms with Crippen molar-refractivity contribution in [2.45, 2.75) is 44.4 Å². The Kier molecular flexibility index (Phi) is 4.19. The Balaban J connectivity index is 2.23. The second kappa shape index (κ2) is 6.00. The number of carbonyl (C=O) groups excluding carboxylic acids is 2. The third-order valence-electron chi connectivity index (χ3n) is 4.84. The van der Waals surface area contributed by atoms with Gasteiger partial charge in [0.15, 0.2) is 5.78 Å². The molecule has 0 aliphatic heterocycles. The fourth-order valence-electron chi connectivity index (χ4n) is 3.78. The summed E-state index contributed by atoms with van der Waals surface area (Å²) < 4.78 is 4.99. The SMILES string of the molecule is CCOC(=O)C1=C(O)c2cc(Cl)ccc2C2(CCCCC2)C1=O. The van der Waals surface area contributed by atoms with E-state index in [0.717, 1.165) is 24.8 Å². The molecule has 1 aromatic carbocycles. The Morgan fingerprint density at radius 1 is 1.30 bits per heavy atom. The van der Waals surface area contributed by atoms with Gasteiger partial charge in [-0.2, -0.15) is 0 Å². The van der Waals surface area contributed by atoms with Gasteiger partial charge in [-0.3, -0.25) is 4.79 Å². The molecule has 1 spiro atoms. The zero-order valence-corrected chi connectivity index (χ0v) is 13.8. The Morgan fingerprint density at radius 2 is 2.00 bits per heavy atom. The fourth-order valence-corrected chi connectivity index (χ4v) is 3.95. The number of fused-ring (bicyclic) bond motifs is 2. The van der Waals surface area contributed by atoms with Gasteiger partial charge in [0, 0.05) is 10.6 Å². The molecule has 4 nitrogen and oxygen atoms in total. The van der Waals surface area contributed by atoms with E-state index in [4.69, 9.17) is 16.3 Å². The first-order valence-corrected chi connectivity index (χ1v) is 8.34. The number of Topliss-reactive ketones (excluding diaryl/α,β-unsaturated/α-hetero) is 1. The molecule has 1 aromatic rings. The Labute approximate surface area is 140 Å². The van der Waals surface area contributed by atoms with E-state index in [9.17, 15) is 14.7 Å². The van der Waals surface area contributed by atoms with Crippen LogP contribution in [0, 0.1) is 0 Å². The standard InChI is InChI=1S/C18H19ClO4/c1-2-23-17(22)14-15(20)12-10-11(19)6-7-13(12)18(16(14)21)8-4-3-5-9-18/h6-7,10,20H,2-5,8-9H2,1H3. The molecule has 0 saturated heterocycles. The number of halogens is 1. The van der Waals surface area contributed by atoms with Gasteiger partial charge in [-0.25, -0.2) is 4.79 Å². The molecule has 0 amide bonds. The van der Waals surface area contributed by atoms with Crippen LogP contribution in [-0.2, 0) is 19.7 Å². The van der Waals surface area contributed by atoms with Crippen LogP contribution in [0.25, 0.3) is 5.76 Å². The number of carbonyl (C=O) groups is 2. The number of aliphatic hydroxyl groups excluding tert-OH is 1. The molecule has 2 aliphatic rings. The number of ketones is 1. The molecule has 1 saturated carbocycles. The van der Waals surface area contributed by atoms with Crippen LogP contribution < -0.4 is 0 Å². The zero-order chi connectivity index (χ0) is 16.6. The molecule has 122 valence electrons. The molecule has 1 fully saturated rings. The van der Waals surface area contributed by atoms with Gasteiger partial charge in [-0.15, -0.1) is 0 Å². The lowest BCUT2D eigenvalue weighted by Crippen LogP contribution is -2.44. The molecule has 5 heteroatoms. The van der Waals surface area contributed by atoms with Gasteiger partial charge in [-0.1, -0.05) is 36.9 Å². The summed E-state index contributed by atoms with van der Waals surface area (Å²) in [5.41, 5.74) is 0.273. The minimum Gasteiger partial charge on any atom is -0.506 e. The van der Waals surface area contributed by atoms with Gasteiger partial charge in [0.25, 0.3) is 0 Å². The average Bonchev–Trinajstić information content (AvgIpc) is 2.54. The lowest BCUT2D eigenvalue weighted by Gasteiger charge is -2.40. The second-order valence-electron chi connectivity index (χ2n) is 6.11. The second-order valence-corrected chi connectivity index (χ2v) is 6.54. The largest absolute Gasteiger partial charge is 0.506 e. The van der Waals surface area contributed by atoms with Crippen molar-refractivity contribution < 1.29 is 19.4 Å². The van der Waals surface area contributed by atoms with Crippen LogP contribution in [0.3, 0.4) is 0 Å². The average molecular weight is 335 g/mol. The highest BCUT2D eigenvalue weighted by molar-refractivity contribution is 6.31. The molecular formula is C18H19ClO4. The van der Waals surface area contributed by atoms with E-state index < -0.39 is 11.4 Å². The summed E-state index contributed by atoms with van der Waals surface area (Å²) in [6, 6.07) is 5.15. The molecule has 0 atom stereocenters. The lowest BCUT2D eigenvalue weighted by atomic mass is 9.61. The summed E-state index contributed by atoms with van der Waals surface area (Å²) >= 11 is 6.06. The van der Waals surface area contributed by atoms with Gasteiger partial charge >= 0.3 is 5.97 Å². The van der Waals surface area contributed by atoms with Crippen molar-refractivity contribution in [3.63, 3.8) is 0 Å². The quantitative estimate of drug-likeness (QED) is 0.657. The maximum atomic E-state index is 13.1. The molecule has 0 bridgehead atoms. The first kappa shape index (κ1) is 16.1. The van der Waals surface area contributed by atoms with Gasteiger partial charge in [0.05, 0.1) is 12.0 Å². The van der Waals surface area contributed by atoms with E-state index in [-0.39, 0.29) is 23.7 Å².